The Bertz CT molecular complexity index is 602. The highest BCUT2D eigenvalue weighted by Gasteiger charge is 2.15. The summed E-state index contributed by atoms with van der Waals surface area (Å²) in [5.74, 6) is -1.55. The van der Waals surface area contributed by atoms with Gasteiger partial charge in [0.1, 0.15) is 0 Å². The maximum absolute atomic E-state index is 13.5. The molecular weight excluding hydrogens is 304 g/mol. The third kappa shape index (κ3) is 2.39. The van der Waals surface area contributed by atoms with Crippen molar-refractivity contribution in [1.82, 2.24) is 9.97 Å². The van der Waals surface area contributed by atoms with Gasteiger partial charge in [0.2, 0.25) is 0 Å². The molecule has 0 bridgehead atoms. The smallest absolute Gasteiger partial charge is 0.173 e. The predicted molar refractivity (Wildman–Crippen MR) is 67.7 cm³/mol. The molecule has 0 amide bonds. The minimum atomic E-state index is -0.952. The van der Waals surface area contributed by atoms with Gasteiger partial charge in [0.15, 0.2) is 17.5 Å². The number of hydrogen-bond acceptors (Lipinski definition) is 3. The molecule has 94 valence electrons. The first-order chi connectivity index (χ1) is 8.52. The SMILES string of the molecule is Cc1cc(CN)nc(-c2ccc(F)c(F)c2Br)n1. The Balaban J connectivity index is 2.62. The minimum Gasteiger partial charge on any atom is -0.325 e. The second-order valence-electron chi connectivity index (χ2n) is 3.75. The molecule has 0 aliphatic heterocycles. The molecule has 0 aliphatic carbocycles. The molecule has 6 heteroatoms. The van der Waals surface area contributed by atoms with Crippen molar-refractivity contribution in [2.45, 2.75) is 13.5 Å². The van der Waals surface area contributed by atoms with E-state index in [1.54, 1.807) is 13.0 Å². The van der Waals surface area contributed by atoms with E-state index in [1.165, 1.54) is 6.07 Å². The molecule has 0 unspecified atom stereocenters. The fourth-order valence-corrected chi connectivity index (χ4v) is 2.06. The number of nitrogens with zero attached hydrogens (tertiary/aromatic N) is 2. The van der Waals surface area contributed by atoms with E-state index < -0.39 is 11.6 Å². The number of benzene rings is 1. The number of halogens is 3. The molecule has 2 N–H and O–H groups in total. The van der Waals surface area contributed by atoms with Crippen LogP contribution in [-0.4, -0.2) is 9.97 Å². The summed E-state index contributed by atoms with van der Waals surface area (Å²) in [6, 6.07) is 4.22. The number of nitrogens with two attached hydrogens (primary N) is 1. The van der Waals surface area contributed by atoms with Crippen LogP contribution in [-0.2, 0) is 6.54 Å². The van der Waals surface area contributed by atoms with Crippen LogP contribution in [0.3, 0.4) is 0 Å². The van der Waals surface area contributed by atoms with E-state index in [1.807, 2.05) is 0 Å². The van der Waals surface area contributed by atoms with Gasteiger partial charge in [-0.1, -0.05) is 0 Å². The zero-order valence-electron chi connectivity index (χ0n) is 9.54. The van der Waals surface area contributed by atoms with Crippen molar-refractivity contribution in [3.05, 3.63) is 45.7 Å². The zero-order valence-corrected chi connectivity index (χ0v) is 11.1. The Labute approximate surface area is 111 Å². The van der Waals surface area contributed by atoms with Gasteiger partial charge in [-0.15, -0.1) is 0 Å². The Morgan fingerprint density at radius 3 is 2.67 bits per heavy atom. The minimum absolute atomic E-state index is 0.0103. The Morgan fingerprint density at radius 1 is 1.28 bits per heavy atom. The maximum atomic E-state index is 13.5. The van der Waals surface area contributed by atoms with Crippen molar-refractivity contribution in [3.8, 4) is 11.4 Å². The van der Waals surface area contributed by atoms with Crippen molar-refractivity contribution in [2.24, 2.45) is 5.73 Å². The van der Waals surface area contributed by atoms with Crippen LogP contribution >= 0.6 is 15.9 Å². The van der Waals surface area contributed by atoms with Crippen LogP contribution in [0.4, 0.5) is 8.78 Å². The highest BCUT2D eigenvalue weighted by molar-refractivity contribution is 9.10. The Morgan fingerprint density at radius 2 is 2.00 bits per heavy atom. The largest absolute Gasteiger partial charge is 0.325 e. The van der Waals surface area contributed by atoms with Crippen LogP contribution in [0.25, 0.3) is 11.4 Å². The topological polar surface area (TPSA) is 51.8 Å². The van der Waals surface area contributed by atoms with Crippen LogP contribution < -0.4 is 5.73 Å². The van der Waals surface area contributed by atoms with Gasteiger partial charge in [-0.25, -0.2) is 18.7 Å². The molecule has 0 radical (unpaired) electrons. The molecule has 0 fully saturated rings. The van der Waals surface area contributed by atoms with Crippen LogP contribution in [0.2, 0.25) is 0 Å². The molecule has 1 aromatic carbocycles. The molecule has 0 saturated carbocycles. The highest BCUT2D eigenvalue weighted by Crippen LogP contribution is 2.29. The first-order valence-corrected chi connectivity index (χ1v) is 6.00. The zero-order chi connectivity index (χ0) is 13.3. The van der Waals surface area contributed by atoms with Crippen LogP contribution in [0.5, 0.6) is 0 Å². The average Bonchev–Trinajstić information content (AvgIpc) is 2.35. The summed E-state index contributed by atoms with van der Waals surface area (Å²) < 4.78 is 26.5. The summed E-state index contributed by atoms with van der Waals surface area (Å²) in [4.78, 5) is 8.40. The quantitative estimate of drug-likeness (QED) is 0.867. The highest BCUT2D eigenvalue weighted by atomic mass is 79.9. The lowest BCUT2D eigenvalue weighted by atomic mass is 10.2. The molecule has 2 aromatic rings. The van der Waals surface area contributed by atoms with Gasteiger partial charge in [-0.05, 0) is 41.1 Å². The first kappa shape index (κ1) is 13.0. The van der Waals surface area contributed by atoms with Crippen LogP contribution in [0.1, 0.15) is 11.4 Å². The molecule has 0 aliphatic rings. The number of hydrogen-bond donors (Lipinski definition) is 1. The second-order valence-corrected chi connectivity index (χ2v) is 4.54. The van der Waals surface area contributed by atoms with E-state index in [0.29, 0.717) is 17.1 Å². The average molecular weight is 314 g/mol. The lowest BCUT2D eigenvalue weighted by molar-refractivity contribution is 0.504. The fraction of sp³-hybridized carbons (Fsp3) is 0.167. The normalized spacial score (nSPS) is 10.7. The van der Waals surface area contributed by atoms with Crippen LogP contribution in [0, 0.1) is 18.6 Å². The van der Waals surface area contributed by atoms with Crippen molar-refractivity contribution >= 4 is 15.9 Å². The van der Waals surface area contributed by atoms with Crippen molar-refractivity contribution in [2.75, 3.05) is 0 Å². The Kier molecular flexibility index (Phi) is 3.68. The van der Waals surface area contributed by atoms with Gasteiger partial charge < -0.3 is 5.73 Å². The van der Waals surface area contributed by atoms with Gasteiger partial charge in [0.25, 0.3) is 0 Å². The van der Waals surface area contributed by atoms with E-state index in [0.717, 1.165) is 11.8 Å². The molecule has 0 atom stereocenters. The Hall–Kier alpha value is -1.40. The maximum Gasteiger partial charge on any atom is 0.173 e. The molecular formula is C12H10BrF2N3. The second kappa shape index (κ2) is 5.07. The van der Waals surface area contributed by atoms with Crippen molar-refractivity contribution < 1.29 is 8.78 Å². The molecule has 18 heavy (non-hydrogen) atoms. The van der Waals surface area contributed by atoms with E-state index in [9.17, 15) is 8.78 Å². The number of rotatable bonds is 2. The van der Waals surface area contributed by atoms with Gasteiger partial charge >= 0.3 is 0 Å². The van der Waals surface area contributed by atoms with Gasteiger partial charge in [-0.3, -0.25) is 0 Å². The van der Waals surface area contributed by atoms with Crippen LogP contribution in [0.15, 0.2) is 22.7 Å². The van der Waals surface area contributed by atoms with Gasteiger partial charge in [-0.2, -0.15) is 0 Å². The molecule has 2 rings (SSSR count). The summed E-state index contributed by atoms with van der Waals surface area (Å²) in [6.07, 6.45) is 0. The summed E-state index contributed by atoms with van der Waals surface area (Å²) in [6.45, 7) is 2.05. The van der Waals surface area contributed by atoms with E-state index in [-0.39, 0.29) is 11.0 Å². The van der Waals surface area contributed by atoms with E-state index >= 15 is 0 Å². The standard InChI is InChI=1S/C12H10BrF2N3/c1-6-4-7(5-16)18-12(17-6)8-2-3-9(14)11(15)10(8)13/h2-4H,5,16H2,1H3. The van der Waals surface area contributed by atoms with Gasteiger partial charge in [0.05, 0.1) is 10.2 Å². The van der Waals surface area contributed by atoms with Crippen molar-refractivity contribution in [3.63, 3.8) is 0 Å². The fourth-order valence-electron chi connectivity index (χ4n) is 1.56. The molecule has 0 spiro atoms. The molecule has 1 aromatic heterocycles. The molecule has 1 heterocycles. The monoisotopic (exact) mass is 313 g/mol. The third-order valence-electron chi connectivity index (χ3n) is 2.39. The van der Waals surface area contributed by atoms with E-state index in [2.05, 4.69) is 25.9 Å². The lowest BCUT2D eigenvalue weighted by Crippen LogP contribution is -2.04. The summed E-state index contributed by atoms with van der Waals surface area (Å²) >= 11 is 3.01. The van der Waals surface area contributed by atoms with E-state index in [4.69, 9.17) is 5.73 Å². The lowest BCUT2D eigenvalue weighted by Gasteiger charge is -2.07. The first-order valence-electron chi connectivity index (χ1n) is 5.21. The van der Waals surface area contributed by atoms with Gasteiger partial charge in [0, 0.05) is 17.8 Å². The summed E-state index contributed by atoms with van der Waals surface area (Å²) in [7, 11) is 0. The molecule has 0 saturated heterocycles. The number of aryl methyl sites for hydroxylation is 1. The number of aromatic nitrogens is 2. The third-order valence-corrected chi connectivity index (χ3v) is 3.17. The molecule has 3 nitrogen and oxygen atoms in total. The predicted octanol–water partition coefficient (Wildman–Crippen LogP) is 2.95. The summed E-state index contributed by atoms with van der Waals surface area (Å²) in [5.41, 5.74) is 7.28. The summed E-state index contributed by atoms with van der Waals surface area (Å²) in [5, 5.41) is 0. The van der Waals surface area contributed by atoms with Crippen molar-refractivity contribution in [1.29, 1.82) is 0 Å².